The maximum absolute atomic E-state index is 12.5. The first-order valence-corrected chi connectivity index (χ1v) is 6.08. The number of methoxy groups -OCH3 is 1. The second-order valence-corrected chi connectivity index (χ2v) is 4.87. The largest absolute Gasteiger partial charge is 0.495 e. The lowest BCUT2D eigenvalue weighted by molar-refractivity contribution is -0.0329. The number of fused-ring (bicyclic) bond motifs is 1. The fraction of sp³-hybridized carbons (Fsp3) is 0.250. The third kappa shape index (κ3) is 2.56. The van der Waals surface area contributed by atoms with Crippen molar-refractivity contribution in [3.8, 4) is 5.75 Å². The summed E-state index contributed by atoms with van der Waals surface area (Å²) in [5.74, 6) is -0.0407. The van der Waals surface area contributed by atoms with Gasteiger partial charge in [-0.05, 0) is 23.9 Å². The van der Waals surface area contributed by atoms with Crippen LogP contribution in [0.4, 0.5) is 13.2 Å². The van der Waals surface area contributed by atoms with Gasteiger partial charge in [0.2, 0.25) is 0 Å². The average Bonchev–Trinajstić information content (AvgIpc) is 2.35. The van der Waals surface area contributed by atoms with Crippen LogP contribution in [0.2, 0.25) is 0 Å². The van der Waals surface area contributed by atoms with Gasteiger partial charge in [0.1, 0.15) is 10.6 Å². The number of hydrogen-bond acceptors (Lipinski definition) is 3. The molecule has 0 radical (unpaired) electrons. The van der Waals surface area contributed by atoms with Gasteiger partial charge in [-0.3, -0.25) is 4.79 Å². The van der Waals surface area contributed by atoms with E-state index >= 15 is 0 Å². The summed E-state index contributed by atoms with van der Waals surface area (Å²) in [6, 6.07) is 6.66. The predicted molar refractivity (Wildman–Crippen MR) is 67.7 cm³/mol. The number of pyridine rings is 1. The molecule has 0 atom stereocenters. The first kappa shape index (κ1) is 13.8. The maximum Gasteiger partial charge on any atom is 0.446 e. The zero-order valence-electron chi connectivity index (χ0n) is 10.1. The summed E-state index contributed by atoms with van der Waals surface area (Å²) in [6.07, 6.45) is 0. The molecule has 19 heavy (non-hydrogen) atoms. The van der Waals surface area contributed by atoms with E-state index in [1.165, 1.54) is 18.7 Å². The van der Waals surface area contributed by atoms with E-state index < -0.39 is 27.7 Å². The zero-order valence-corrected chi connectivity index (χ0v) is 10.9. The highest BCUT2D eigenvalue weighted by atomic mass is 32.2. The molecule has 0 fully saturated rings. The highest BCUT2D eigenvalue weighted by molar-refractivity contribution is 8.00. The normalized spacial score (nSPS) is 11.8. The Morgan fingerprint density at radius 2 is 1.89 bits per heavy atom. The van der Waals surface area contributed by atoms with Crippen molar-refractivity contribution < 1.29 is 17.9 Å². The van der Waals surface area contributed by atoms with E-state index in [2.05, 4.69) is 0 Å². The van der Waals surface area contributed by atoms with Crippen LogP contribution in [0.15, 0.2) is 34.0 Å². The molecule has 0 bridgehead atoms. The molecule has 0 N–H and O–H groups in total. The third-order valence-corrected chi connectivity index (χ3v) is 3.43. The monoisotopic (exact) mass is 289 g/mol. The summed E-state index contributed by atoms with van der Waals surface area (Å²) in [5, 5.41) is 0.471. The number of nitrogens with zero attached hydrogens (tertiary/aromatic N) is 1. The molecule has 1 aromatic heterocycles. The van der Waals surface area contributed by atoms with E-state index in [0.717, 1.165) is 0 Å². The van der Waals surface area contributed by atoms with Crippen molar-refractivity contribution >= 4 is 22.7 Å². The molecule has 0 spiro atoms. The van der Waals surface area contributed by atoms with Crippen LogP contribution >= 0.6 is 11.8 Å². The van der Waals surface area contributed by atoms with E-state index in [9.17, 15) is 18.0 Å². The van der Waals surface area contributed by atoms with Gasteiger partial charge in [-0.2, -0.15) is 13.2 Å². The quantitative estimate of drug-likeness (QED) is 0.796. The molecule has 0 amide bonds. The van der Waals surface area contributed by atoms with Crippen molar-refractivity contribution in [1.29, 1.82) is 0 Å². The summed E-state index contributed by atoms with van der Waals surface area (Å²) in [4.78, 5) is 11.6. The minimum Gasteiger partial charge on any atom is -0.495 e. The van der Waals surface area contributed by atoms with Gasteiger partial charge in [-0.1, -0.05) is 12.1 Å². The van der Waals surface area contributed by atoms with E-state index in [-0.39, 0.29) is 5.75 Å². The average molecular weight is 289 g/mol. The fourth-order valence-corrected chi connectivity index (χ4v) is 2.59. The van der Waals surface area contributed by atoms with Gasteiger partial charge in [-0.15, -0.1) is 0 Å². The third-order valence-electron chi connectivity index (χ3n) is 2.64. The Labute approximate surface area is 111 Å². The zero-order chi connectivity index (χ0) is 14.2. The second kappa shape index (κ2) is 4.80. The standard InChI is InChI=1S/C12H10F3NO2S/c1-16-8-6-4-3-5-7(8)9(18-2)10(11(16)17)19-12(13,14)15/h3-6H,1-2H3. The van der Waals surface area contributed by atoms with Gasteiger partial charge in [0.15, 0.2) is 0 Å². The van der Waals surface area contributed by atoms with Crippen LogP contribution in [-0.2, 0) is 7.05 Å². The summed E-state index contributed by atoms with van der Waals surface area (Å²) >= 11 is -0.451. The first-order chi connectivity index (χ1) is 8.85. The van der Waals surface area contributed by atoms with Crippen LogP contribution < -0.4 is 10.3 Å². The lowest BCUT2D eigenvalue weighted by Gasteiger charge is -2.14. The Bertz CT molecular complexity index is 679. The number of para-hydroxylation sites is 1. The van der Waals surface area contributed by atoms with Crippen LogP contribution in [-0.4, -0.2) is 17.2 Å². The van der Waals surface area contributed by atoms with Crippen LogP contribution in [0.5, 0.6) is 5.75 Å². The molecule has 0 unspecified atom stereocenters. The molecule has 2 aromatic rings. The van der Waals surface area contributed by atoms with Gasteiger partial charge >= 0.3 is 5.51 Å². The molecule has 0 saturated heterocycles. The van der Waals surface area contributed by atoms with Crippen molar-refractivity contribution in [2.75, 3.05) is 7.11 Å². The summed E-state index contributed by atoms with van der Waals surface area (Å²) in [5.41, 5.74) is -4.74. The molecule has 2 rings (SSSR count). The van der Waals surface area contributed by atoms with E-state index in [1.807, 2.05) is 0 Å². The molecule has 1 heterocycles. The first-order valence-electron chi connectivity index (χ1n) is 5.26. The molecule has 0 aliphatic carbocycles. The molecule has 1 aromatic carbocycles. The van der Waals surface area contributed by atoms with Crippen molar-refractivity contribution in [3.05, 3.63) is 34.6 Å². The van der Waals surface area contributed by atoms with Gasteiger partial charge in [0.25, 0.3) is 5.56 Å². The van der Waals surface area contributed by atoms with Crippen molar-refractivity contribution in [2.24, 2.45) is 7.05 Å². The number of aromatic nitrogens is 1. The number of ether oxygens (including phenoxy) is 1. The molecular weight excluding hydrogens is 279 g/mol. The minimum absolute atomic E-state index is 0.0407. The van der Waals surface area contributed by atoms with Gasteiger partial charge < -0.3 is 9.30 Å². The van der Waals surface area contributed by atoms with E-state index in [1.54, 1.807) is 24.3 Å². The lowest BCUT2D eigenvalue weighted by Crippen LogP contribution is -2.21. The van der Waals surface area contributed by atoms with Crippen LogP contribution in [0, 0.1) is 0 Å². The smallest absolute Gasteiger partial charge is 0.446 e. The van der Waals surface area contributed by atoms with Crippen LogP contribution in [0.3, 0.4) is 0 Å². The predicted octanol–water partition coefficient (Wildman–Crippen LogP) is 3.16. The number of hydrogen-bond donors (Lipinski definition) is 0. The summed E-state index contributed by atoms with van der Waals surface area (Å²) in [6.45, 7) is 0. The van der Waals surface area contributed by atoms with E-state index in [0.29, 0.717) is 10.9 Å². The molecule has 0 saturated carbocycles. The molecular formula is C12H10F3NO2S. The Balaban J connectivity index is 2.83. The minimum atomic E-state index is -4.54. The molecule has 102 valence electrons. The number of aryl methyl sites for hydroxylation is 1. The molecule has 7 heteroatoms. The number of alkyl halides is 3. The number of halogens is 3. The number of rotatable bonds is 2. The Morgan fingerprint density at radius 1 is 1.26 bits per heavy atom. The molecule has 0 aliphatic rings. The van der Waals surface area contributed by atoms with Crippen LogP contribution in [0.1, 0.15) is 0 Å². The van der Waals surface area contributed by atoms with Crippen molar-refractivity contribution in [2.45, 2.75) is 10.4 Å². The fourth-order valence-electron chi connectivity index (χ4n) is 1.85. The van der Waals surface area contributed by atoms with Crippen molar-refractivity contribution in [3.63, 3.8) is 0 Å². The number of benzene rings is 1. The maximum atomic E-state index is 12.5. The van der Waals surface area contributed by atoms with Gasteiger partial charge in [0.05, 0.1) is 12.6 Å². The van der Waals surface area contributed by atoms with Gasteiger partial charge in [0, 0.05) is 12.4 Å². The number of thioether (sulfide) groups is 1. The van der Waals surface area contributed by atoms with Crippen molar-refractivity contribution in [1.82, 2.24) is 4.57 Å². The van der Waals surface area contributed by atoms with Gasteiger partial charge in [-0.25, -0.2) is 0 Å². The Morgan fingerprint density at radius 3 is 2.47 bits per heavy atom. The molecule has 3 nitrogen and oxygen atoms in total. The topological polar surface area (TPSA) is 31.2 Å². The highest BCUT2D eigenvalue weighted by Crippen LogP contribution is 2.41. The lowest BCUT2D eigenvalue weighted by atomic mass is 10.2. The highest BCUT2D eigenvalue weighted by Gasteiger charge is 2.33. The summed E-state index contributed by atoms with van der Waals surface area (Å²) in [7, 11) is 2.69. The second-order valence-electron chi connectivity index (χ2n) is 3.79. The van der Waals surface area contributed by atoms with Crippen LogP contribution in [0.25, 0.3) is 10.9 Å². The summed E-state index contributed by atoms with van der Waals surface area (Å²) < 4.78 is 43.8. The molecule has 0 aliphatic heterocycles. The van der Waals surface area contributed by atoms with E-state index in [4.69, 9.17) is 4.74 Å². The Kier molecular flexibility index (Phi) is 3.49. The Hall–Kier alpha value is -1.63. The SMILES string of the molecule is COc1c(SC(F)(F)F)c(=O)n(C)c2ccccc12.